The number of carbonyl (C=O) groups is 1. The lowest BCUT2D eigenvalue weighted by Crippen LogP contribution is -2.10. The molecule has 0 aliphatic heterocycles. The maximum atomic E-state index is 13.2. The van der Waals surface area contributed by atoms with Crippen molar-refractivity contribution in [2.75, 3.05) is 0 Å². The van der Waals surface area contributed by atoms with Crippen molar-refractivity contribution in [3.63, 3.8) is 0 Å². The van der Waals surface area contributed by atoms with Crippen LogP contribution in [0.15, 0.2) is 61.2 Å². The molecule has 0 atom stereocenters. The minimum atomic E-state index is -1.05. The zero-order valence-corrected chi connectivity index (χ0v) is 15.0. The van der Waals surface area contributed by atoms with Crippen molar-refractivity contribution in [1.29, 1.82) is 0 Å². The number of hydrogen-bond acceptors (Lipinski definition) is 2. The molecule has 0 spiro atoms. The monoisotopic (exact) mass is 368 g/mol. The first-order chi connectivity index (χ1) is 13.0. The van der Waals surface area contributed by atoms with Crippen LogP contribution in [0.25, 0.3) is 6.08 Å². The molecule has 0 bridgehead atoms. The fourth-order valence-corrected chi connectivity index (χ4v) is 3.26. The predicted octanol–water partition coefficient (Wildman–Crippen LogP) is 6.19. The van der Waals surface area contributed by atoms with Crippen LogP contribution in [0.3, 0.4) is 0 Å². The first kappa shape index (κ1) is 19.0. The van der Waals surface area contributed by atoms with Crippen LogP contribution in [0, 0.1) is 23.5 Å². The van der Waals surface area contributed by atoms with Crippen molar-refractivity contribution in [1.82, 2.24) is 0 Å². The quantitative estimate of drug-likeness (QED) is 0.357. The minimum absolute atomic E-state index is 0.0296. The molecule has 2 aromatic carbocycles. The van der Waals surface area contributed by atoms with E-state index in [4.69, 9.17) is 4.74 Å². The molecule has 3 rings (SSSR count). The average molecular weight is 368 g/mol. The second kappa shape index (κ2) is 8.76. The summed E-state index contributed by atoms with van der Waals surface area (Å²) in [6.45, 7) is 3.87. The van der Waals surface area contributed by atoms with Gasteiger partial charge in [-0.3, -0.25) is 0 Å². The van der Waals surface area contributed by atoms with Crippen molar-refractivity contribution in [2.24, 2.45) is 11.8 Å². The van der Waals surface area contributed by atoms with E-state index in [1.165, 1.54) is 31.7 Å². The third-order valence-electron chi connectivity index (χ3n) is 4.96. The molecule has 0 N–H and O–H groups in total. The van der Waals surface area contributed by atoms with Crippen molar-refractivity contribution in [3.05, 3.63) is 84.0 Å². The maximum absolute atomic E-state index is 13.2. The van der Waals surface area contributed by atoms with E-state index in [-0.39, 0.29) is 5.75 Å². The van der Waals surface area contributed by atoms with Gasteiger partial charge in [0.25, 0.3) is 0 Å². The lowest BCUT2D eigenvalue weighted by molar-refractivity contribution is 0.0734. The Balaban J connectivity index is 1.57. The van der Waals surface area contributed by atoms with E-state index >= 15 is 0 Å². The number of esters is 1. The van der Waals surface area contributed by atoms with Gasteiger partial charge < -0.3 is 4.74 Å². The summed E-state index contributed by atoms with van der Waals surface area (Å²) < 4.78 is 31.2. The molecule has 0 heterocycles. The van der Waals surface area contributed by atoms with Gasteiger partial charge in [0.1, 0.15) is 5.75 Å². The second-order valence-electron chi connectivity index (χ2n) is 6.86. The Morgan fingerprint density at radius 2 is 1.63 bits per heavy atom. The van der Waals surface area contributed by atoms with E-state index in [1.807, 2.05) is 12.1 Å². The molecule has 1 saturated carbocycles. The van der Waals surface area contributed by atoms with Gasteiger partial charge in [-0.05, 0) is 67.3 Å². The molecule has 0 unspecified atom stereocenters. The Labute approximate surface area is 158 Å². The Kier molecular flexibility index (Phi) is 6.17. The summed E-state index contributed by atoms with van der Waals surface area (Å²) in [4.78, 5) is 12.1. The van der Waals surface area contributed by atoms with E-state index in [0.717, 1.165) is 17.7 Å². The molecule has 4 heteroatoms. The van der Waals surface area contributed by atoms with Crippen LogP contribution in [0.4, 0.5) is 8.78 Å². The van der Waals surface area contributed by atoms with Gasteiger partial charge >= 0.3 is 5.97 Å². The van der Waals surface area contributed by atoms with E-state index < -0.39 is 17.6 Å². The van der Waals surface area contributed by atoms with Crippen LogP contribution in [0.1, 0.15) is 41.6 Å². The highest BCUT2D eigenvalue weighted by molar-refractivity contribution is 5.91. The number of allylic oxidation sites excluding steroid dienone is 2. The largest absolute Gasteiger partial charge is 0.423 e. The number of hydrogen-bond donors (Lipinski definition) is 0. The average Bonchev–Trinajstić information content (AvgIpc) is 2.70. The molecule has 1 aliphatic carbocycles. The highest BCUT2D eigenvalue weighted by Gasteiger charge is 2.16. The number of benzene rings is 2. The van der Waals surface area contributed by atoms with Crippen molar-refractivity contribution < 1.29 is 18.3 Å². The van der Waals surface area contributed by atoms with Crippen LogP contribution in [0.5, 0.6) is 5.75 Å². The Bertz CT molecular complexity index is 832. The Hall–Kier alpha value is -2.75. The van der Waals surface area contributed by atoms with Gasteiger partial charge in [0.2, 0.25) is 0 Å². The molecule has 0 saturated heterocycles. The molecule has 0 amide bonds. The number of carbonyl (C=O) groups excluding carboxylic acids is 1. The van der Waals surface area contributed by atoms with Crippen molar-refractivity contribution >= 4 is 12.0 Å². The molecule has 0 radical (unpaired) electrons. The minimum Gasteiger partial charge on any atom is -0.423 e. The topological polar surface area (TPSA) is 26.3 Å². The predicted molar refractivity (Wildman–Crippen MR) is 102 cm³/mol. The van der Waals surface area contributed by atoms with Gasteiger partial charge in [0.15, 0.2) is 11.6 Å². The molecular formula is C23H22F2O2. The first-order valence-corrected chi connectivity index (χ1v) is 9.13. The van der Waals surface area contributed by atoms with Crippen LogP contribution >= 0.6 is 0 Å². The standard InChI is InChI=1S/C23H22F2O2/c1-2-16-3-5-17(6-4-16)7-8-18-9-11-19(12-10-18)23(26)27-20-13-14-21(24)22(25)15-20/h2,7-17H,1,3-6H2. The van der Waals surface area contributed by atoms with Gasteiger partial charge in [0, 0.05) is 6.07 Å². The highest BCUT2D eigenvalue weighted by Crippen LogP contribution is 2.30. The van der Waals surface area contributed by atoms with Gasteiger partial charge in [0.05, 0.1) is 5.56 Å². The normalized spacial score (nSPS) is 19.8. The van der Waals surface area contributed by atoms with E-state index in [0.29, 0.717) is 17.4 Å². The van der Waals surface area contributed by atoms with Gasteiger partial charge in [-0.2, -0.15) is 0 Å². The van der Waals surface area contributed by atoms with Crippen LogP contribution in [0.2, 0.25) is 0 Å². The fraction of sp³-hybridized carbons (Fsp3) is 0.261. The van der Waals surface area contributed by atoms with Crippen LogP contribution < -0.4 is 4.74 Å². The Morgan fingerprint density at radius 3 is 2.26 bits per heavy atom. The number of rotatable bonds is 5. The van der Waals surface area contributed by atoms with Crippen LogP contribution in [-0.4, -0.2) is 5.97 Å². The summed E-state index contributed by atoms with van der Waals surface area (Å²) in [6, 6.07) is 10.0. The molecular weight excluding hydrogens is 346 g/mol. The molecule has 0 aromatic heterocycles. The lowest BCUT2D eigenvalue weighted by atomic mass is 9.82. The maximum Gasteiger partial charge on any atom is 0.343 e. The first-order valence-electron chi connectivity index (χ1n) is 9.13. The van der Waals surface area contributed by atoms with Crippen LogP contribution in [-0.2, 0) is 0 Å². The molecule has 1 aliphatic rings. The van der Waals surface area contributed by atoms with Gasteiger partial charge in [-0.1, -0.05) is 30.4 Å². The van der Waals surface area contributed by atoms with Gasteiger partial charge in [-0.15, -0.1) is 6.58 Å². The molecule has 140 valence electrons. The molecule has 1 fully saturated rings. The fourth-order valence-electron chi connectivity index (χ4n) is 3.26. The van der Waals surface area contributed by atoms with E-state index in [1.54, 1.807) is 12.1 Å². The molecule has 2 nitrogen and oxygen atoms in total. The molecule has 2 aromatic rings. The summed E-state index contributed by atoms with van der Waals surface area (Å²) >= 11 is 0. The summed E-state index contributed by atoms with van der Waals surface area (Å²) in [5.74, 6) is -1.45. The van der Waals surface area contributed by atoms with Gasteiger partial charge in [-0.25, -0.2) is 13.6 Å². The zero-order chi connectivity index (χ0) is 19.2. The summed E-state index contributed by atoms with van der Waals surface area (Å²) in [5.41, 5.74) is 1.36. The van der Waals surface area contributed by atoms with Crippen molar-refractivity contribution in [2.45, 2.75) is 25.7 Å². The number of halogens is 2. The SMILES string of the molecule is C=CC1CCC(C=Cc2ccc(C(=O)Oc3ccc(F)c(F)c3)cc2)CC1. The second-order valence-corrected chi connectivity index (χ2v) is 6.86. The zero-order valence-electron chi connectivity index (χ0n) is 15.0. The molecule has 27 heavy (non-hydrogen) atoms. The van der Waals surface area contributed by atoms with Crippen molar-refractivity contribution in [3.8, 4) is 5.75 Å². The summed E-state index contributed by atoms with van der Waals surface area (Å²) in [7, 11) is 0. The lowest BCUT2D eigenvalue weighted by Gasteiger charge is -2.24. The third-order valence-corrected chi connectivity index (χ3v) is 4.96. The van der Waals surface area contributed by atoms with E-state index in [9.17, 15) is 13.6 Å². The number of ether oxygens (including phenoxy) is 1. The third kappa shape index (κ3) is 5.13. The Morgan fingerprint density at radius 1 is 0.963 bits per heavy atom. The van der Waals surface area contributed by atoms with E-state index in [2.05, 4.69) is 24.8 Å². The highest BCUT2D eigenvalue weighted by atomic mass is 19.2. The summed E-state index contributed by atoms with van der Waals surface area (Å²) in [5, 5.41) is 0. The smallest absolute Gasteiger partial charge is 0.343 e. The summed E-state index contributed by atoms with van der Waals surface area (Å²) in [6.07, 6.45) is 11.1.